The Morgan fingerprint density at radius 3 is 2.70 bits per heavy atom. The first-order chi connectivity index (χ1) is 16.1. The highest BCUT2D eigenvalue weighted by atomic mass is 32.2. The molecule has 4 rings (SSSR count). The van der Waals surface area contributed by atoms with Crippen molar-refractivity contribution in [2.75, 3.05) is 5.32 Å². The Morgan fingerprint density at radius 1 is 1.06 bits per heavy atom. The van der Waals surface area contributed by atoms with E-state index in [4.69, 9.17) is 4.74 Å². The number of carbonyl (C=O) groups is 2. The first-order valence-electron chi connectivity index (χ1n) is 10.1. The molecule has 0 aliphatic rings. The Labute approximate surface area is 204 Å². The van der Waals surface area contributed by atoms with Crippen molar-refractivity contribution in [1.82, 2.24) is 9.97 Å². The molecule has 0 saturated carbocycles. The zero-order chi connectivity index (χ0) is 23.0. The van der Waals surface area contributed by atoms with Crippen LogP contribution in [0.15, 0.2) is 69.7 Å². The Hall–Kier alpha value is -3.01. The van der Waals surface area contributed by atoms with E-state index in [0.29, 0.717) is 22.0 Å². The fraction of sp³-hybridized carbons (Fsp3) is 0.167. The summed E-state index contributed by atoms with van der Waals surface area (Å²) in [6.07, 6.45) is 0.170. The molecular formula is C24H21N3O3S3. The average Bonchev–Trinajstić information content (AvgIpc) is 3.50. The summed E-state index contributed by atoms with van der Waals surface area (Å²) >= 11 is 4.48. The minimum atomic E-state index is -0.400. The van der Waals surface area contributed by atoms with Crippen LogP contribution in [0.4, 0.5) is 5.69 Å². The lowest BCUT2D eigenvalue weighted by Gasteiger charge is -2.08. The number of ether oxygens (including phenoxy) is 1. The predicted molar refractivity (Wildman–Crippen MR) is 133 cm³/mol. The zero-order valence-corrected chi connectivity index (χ0v) is 20.3. The summed E-state index contributed by atoms with van der Waals surface area (Å²) in [4.78, 5) is 34.6. The lowest BCUT2D eigenvalue weighted by Crippen LogP contribution is -2.15. The van der Waals surface area contributed by atoms with E-state index in [1.807, 2.05) is 60.1 Å². The molecule has 168 valence electrons. The number of rotatable bonds is 9. The van der Waals surface area contributed by atoms with Crippen molar-refractivity contribution in [3.05, 3.63) is 92.3 Å². The number of anilines is 1. The summed E-state index contributed by atoms with van der Waals surface area (Å²) in [5.74, 6) is 0.157. The van der Waals surface area contributed by atoms with E-state index < -0.39 is 5.97 Å². The maximum atomic E-state index is 12.7. The van der Waals surface area contributed by atoms with Gasteiger partial charge in [-0.2, -0.15) is 0 Å². The van der Waals surface area contributed by atoms with Gasteiger partial charge in [0, 0.05) is 27.1 Å². The molecule has 2 heterocycles. The molecule has 0 aliphatic heterocycles. The number of hydrogen-bond acceptors (Lipinski definition) is 8. The maximum absolute atomic E-state index is 12.7. The van der Waals surface area contributed by atoms with E-state index in [1.54, 1.807) is 34.7 Å². The number of nitrogens with zero attached hydrogens (tertiary/aromatic N) is 2. The molecule has 0 radical (unpaired) electrons. The van der Waals surface area contributed by atoms with Gasteiger partial charge in [-0.3, -0.25) is 4.79 Å². The van der Waals surface area contributed by atoms with Gasteiger partial charge in [0.25, 0.3) is 0 Å². The minimum Gasteiger partial charge on any atom is -0.456 e. The van der Waals surface area contributed by atoms with Crippen LogP contribution in [0.3, 0.4) is 0 Å². The number of aryl methyl sites for hydroxylation is 1. The number of nitrogens with one attached hydrogen (secondary N) is 1. The van der Waals surface area contributed by atoms with Crippen molar-refractivity contribution in [1.29, 1.82) is 0 Å². The van der Waals surface area contributed by atoms with E-state index in [-0.39, 0.29) is 18.9 Å². The van der Waals surface area contributed by atoms with Crippen molar-refractivity contribution in [3.8, 4) is 0 Å². The van der Waals surface area contributed by atoms with Crippen molar-refractivity contribution >= 4 is 52.0 Å². The van der Waals surface area contributed by atoms with Crippen LogP contribution in [-0.4, -0.2) is 21.8 Å². The van der Waals surface area contributed by atoms with Crippen LogP contribution in [0.25, 0.3) is 0 Å². The molecule has 0 fully saturated rings. The number of thioether (sulfide) groups is 1. The van der Waals surface area contributed by atoms with Gasteiger partial charge in [-0.25, -0.2) is 14.8 Å². The summed E-state index contributed by atoms with van der Waals surface area (Å²) < 4.78 is 5.50. The lowest BCUT2D eigenvalue weighted by atomic mass is 10.2. The van der Waals surface area contributed by atoms with Crippen molar-refractivity contribution < 1.29 is 14.3 Å². The third-order valence-electron chi connectivity index (χ3n) is 4.65. The summed E-state index contributed by atoms with van der Waals surface area (Å²) in [5, 5.41) is 7.38. The van der Waals surface area contributed by atoms with Crippen LogP contribution in [-0.2, 0) is 28.3 Å². The fourth-order valence-corrected chi connectivity index (χ4v) is 5.36. The van der Waals surface area contributed by atoms with E-state index >= 15 is 0 Å². The minimum absolute atomic E-state index is 0.0554. The van der Waals surface area contributed by atoms with Gasteiger partial charge in [0.1, 0.15) is 11.6 Å². The summed E-state index contributed by atoms with van der Waals surface area (Å²) in [5.41, 5.74) is 5.71. The van der Waals surface area contributed by atoms with Gasteiger partial charge in [-0.15, -0.1) is 34.4 Å². The standard InChI is InChI=1S/C24H21N3O3S3/c1-16-6-2-4-8-20(16)27-22(28)10-23-26-17(13-33-23)11-30-24(29)19-7-3-5-9-21(19)32-14-18-12-31-15-25-18/h2-9,12-13,15H,10-11,14H2,1H3,(H,27,28). The highest BCUT2D eigenvalue weighted by Gasteiger charge is 2.15. The molecule has 0 unspecified atom stereocenters. The second-order valence-corrected chi connectivity index (χ2v) is 9.79. The van der Waals surface area contributed by atoms with Crippen LogP contribution < -0.4 is 5.32 Å². The predicted octanol–water partition coefficient (Wildman–Crippen LogP) is 5.74. The Morgan fingerprint density at radius 2 is 1.88 bits per heavy atom. The van der Waals surface area contributed by atoms with Crippen LogP contribution in [0.1, 0.15) is 32.3 Å². The van der Waals surface area contributed by atoms with Gasteiger partial charge in [0.15, 0.2) is 0 Å². The smallest absolute Gasteiger partial charge is 0.339 e. The highest BCUT2D eigenvalue weighted by molar-refractivity contribution is 7.98. The first kappa shape index (κ1) is 23.2. The molecule has 0 aliphatic carbocycles. The van der Waals surface area contributed by atoms with Gasteiger partial charge in [0.2, 0.25) is 5.91 Å². The largest absolute Gasteiger partial charge is 0.456 e. The molecule has 0 atom stereocenters. The lowest BCUT2D eigenvalue weighted by molar-refractivity contribution is -0.115. The van der Waals surface area contributed by atoms with Gasteiger partial charge in [0.05, 0.1) is 28.9 Å². The summed E-state index contributed by atoms with van der Waals surface area (Å²) in [6, 6.07) is 15.0. The van der Waals surface area contributed by atoms with Crippen LogP contribution in [0, 0.1) is 6.92 Å². The van der Waals surface area contributed by atoms with Crippen LogP contribution in [0.2, 0.25) is 0 Å². The van der Waals surface area contributed by atoms with Gasteiger partial charge in [-0.1, -0.05) is 30.3 Å². The van der Waals surface area contributed by atoms with E-state index in [2.05, 4.69) is 15.3 Å². The molecule has 33 heavy (non-hydrogen) atoms. The van der Waals surface area contributed by atoms with Gasteiger partial charge in [-0.05, 0) is 30.7 Å². The normalized spacial score (nSPS) is 10.7. The first-order valence-corrected chi connectivity index (χ1v) is 12.9. The Balaban J connectivity index is 1.31. The second kappa shape index (κ2) is 11.2. The third-order valence-corrected chi connectivity index (χ3v) is 7.29. The SMILES string of the molecule is Cc1ccccc1NC(=O)Cc1nc(COC(=O)c2ccccc2SCc2cscn2)cs1. The zero-order valence-electron chi connectivity index (χ0n) is 17.8. The topological polar surface area (TPSA) is 81.2 Å². The second-order valence-electron chi connectivity index (χ2n) is 7.11. The number of benzene rings is 2. The van der Waals surface area contributed by atoms with Crippen molar-refractivity contribution in [3.63, 3.8) is 0 Å². The maximum Gasteiger partial charge on any atom is 0.339 e. The quantitative estimate of drug-likeness (QED) is 0.236. The molecule has 0 spiro atoms. The van der Waals surface area contributed by atoms with Crippen molar-refractivity contribution in [2.24, 2.45) is 0 Å². The van der Waals surface area contributed by atoms with Gasteiger partial charge >= 0.3 is 5.97 Å². The summed E-state index contributed by atoms with van der Waals surface area (Å²) in [6.45, 7) is 2.00. The molecule has 1 amide bonds. The molecule has 0 bridgehead atoms. The molecule has 4 aromatic rings. The van der Waals surface area contributed by atoms with Gasteiger partial charge < -0.3 is 10.1 Å². The number of aromatic nitrogens is 2. The Kier molecular flexibility index (Phi) is 7.87. The average molecular weight is 496 g/mol. The molecule has 2 aromatic carbocycles. The number of thiazole rings is 2. The van der Waals surface area contributed by atoms with E-state index in [9.17, 15) is 9.59 Å². The highest BCUT2D eigenvalue weighted by Crippen LogP contribution is 2.27. The van der Waals surface area contributed by atoms with E-state index in [1.165, 1.54) is 11.3 Å². The number of esters is 1. The third kappa shape index (κ3) is 6.50. The molecule has 1 N–H and O–H groups in total. The number of para-hydroxylation sites is 1. The van der Waals surface area contributed by atoms with Crippen LogP contribution >= 0.6 is 34.4 Å². The molecular weight excluding hydrogens is 474 g/mol. The molecule has 9 heteroatoms. The van der Waals surface area contributed by atoms with E-state index in [0.717, 1.165) is 21.8 Å². The number of amides is 1. The molecule has 6 nitrogen and oxygen atoms in total. The van der Waals surface area contributed by atoms with Crippen LogP contribution in [0.5, 0.6) is 0 Å². The Bertz CT molecular complexity index is 1240. The number of hydrogen-bond donors (Lipinski definition) is 1. The summed E-state index contributed by atoms with van der Waals surface area (Å²) in [7, 11) is 0. The number of carbonyl (C=O) groups excluding carboxylic acids is 2. The fourth-order valence-electron chi connectivity index (χ4n) is 2.98. The molecule has 2 aromatic heterocycles. The molecule has 0 saturated heterocycles. The monoisotopic (exact) mass is 495 g/mol. The van der Waals surface area contributed by atoms with Crippen molar-refractivity contribution in [2.45, 2.75) is 30.6 Å².